The molecule has 3 heteroatoms. The maximum absolute atomic E-state index is 5.05. The zero-order valence-corrected chi connectivity index (χ0v) is 6.69. The van der Waals surface area contributed by atoms with Gasteiger partial charge in [-0.3, -0.25) is 4.98 Å². The summed E-state index contributed by atoms with van der Waals surface area (Å²) >= 11 is 0. The molecule has 0 aliphatic heterocycles. The van der Waals surface area contributed by atoms with E-state index in [0.717, 1.165) is 10.9 Å². The molecule has 0 spiro atoms. The normalized spacial score (nSPS) is 10.1. The highest BCUT2D eigenvalue weighted by atomic mass is 16.5. The van der Waals surface area contributed by atoms with Crippen molar-refractivity contribution in [1.29, 1.82) is 0 Å². The second kappa shape index (κ2) is 2.77. The van der Waals surface area contributed by atoms with E-state index < -0.39 is 0 Å². The monoisotopic (exact) mass is 160 g/mol. The summed E-state index contributed by atoms with van der Waals surface area (Å²) in [6.07, 6.45) is 3.44. The second-order valence-corrected chi connectivity index (χ2v) is 2.40. The highest BCUT2D eigenvalue weighted by Crippen LogP contribution is 2.18. The molecular weight excluding hydrogens is 152 g/mol. The van der Waals surface area contributed by atoms with E-state index in [2.05, 4.69) is 9.97 Å². The molecular formula is C9H8N2O. The van der Waals surface area contributed by atoms with Crippen LogP contribution < -0.4 is 4.74 Å². The van der Waals surface area contributed by atoms with E-state index in [1.165, 1.54) is 0 Å². The molecule has 3 nitrogen and oxygen atoms in total. The summed E-state index contributed by atoms with van der Waals surface area (Å²) in [5.41, 5.74) is 0.808. The third-order valence-corrected chi connectivity index (χ3v) is 1.68. The molecule has 0 unspecified atom stereocenters. The van der Waals surface area contributed by atoms with Gasteiger partial charge in [0.25, 0.3) is 0 Å². The molecule has 0 aliphatic rings. The molecule has 2 aromatic heterocycles. The second-order valence-electron chi connectivity index (χ2n) is 2.40. The van der Waals surface area contributed by atoms with Crippen LogP contribution in [0.25, 0.3) is 10.9 Å². The number of aromatic nitrogens is 2. The Hall–Kier alpha value is -1.64. The Labute approximate surface area is 70.0 Å². The highest BCUT2D eigenvalue weighted by Gasteiger charge is 2.00. The van der Waals surface area contributed by atoms with Gasteiger partial charge in [-0.05, 0) is 12.1 Å². The first-order chi connectivity index (χ1) is 5.92. The van der Waals surface area contributed by atoms with Crippen LogP contribution in [0.1, 0.15) is 0 Å². The Morgan fingerprint density at radius 1 is 1.17 bits per heavy atom. The van der Waals surface area contributed by atoms with Gasteiger partial charge in [0.2, 0.25) is 5.88 Å². The minimum Gasteiger partial charge on any atom is -0.479 e. The largest absolute Gasteiger partial charge is 0.479 e. The number of fused-ring (bicyclic) bond motifs is 1. The maximum Gasteiger partial charge on any atom is 0.240 e. The summed E-state index contributed by atoms with van der Waals surface area (Å²) in [6.45, 7) is 0. The van der Waals surface area contributed by atoms with Gasteiger partial charge >= 0.3 is 0 Å². The van der Waals surface area contributed by atoms with Crippen LogP contribution in [0.3, 0.4) is 0 Å². The van der Waals surface area contributed by atoms with Gasteiger partial charge in [-0.25, -0.2) is 4.98 Å². The Balaban J connectivity index is 2.79. The van der Waals surface area contributed by atoms with E-state index >= 15 is 0 Å². The smallest absolute Gasteiger partial charge is 0.240 e. The lowest BCUT2D eigenvalue weighted by molar-refractivity contribution is 0.402. The lowest BCUT2D eigenvalue weighted by Gasteiger charge is -2.00. The van der Waals surface area contributed by atoms with Crippen LogP contribution in [0.2, 0.25) is 0 Å². The molecule has 0 bridgehead atoms. The first-order valence-electron chi connectivity index (χ1n) is 3.65. The van der Waals surface area contributed by atoms with E-state index in [9.17, 15) is 0 Å². The van der Waals surface area contributed by atoms with Gasteiger partial charge in [-0.15, -0.1) is 0 Å². The number of rotatable bonds is 1. The van der Waals surface area contributed by atoms with Gasteiger partial charge < -0.3 is 4.74 Å². The van der Waals surface area contributed by atoms with Crippen molar-refractivity contribution in [3.63, 3.8) is 0 Å². The molecule has 60 valence electrons. The van der Waals surface area contributed by atoms with Crippen LogP contribution in [0.4, 0.5) is 0 Å². The van der Waals surface area contributed by atoms with Crippen LogP contribution in [0.15, 0.2) is 30.6 Å². The minimum atomic E-state index is 0.577. The lowest BCUT2D eigenvalue weighted by atomic mass is 10.3. The van der Waals surface area contributed by atoms with E-state index in [-0.39, 0.29) is 0 Å². The van der Waals surface area contributed by atoms with Crippen molar-refractivity contribution < 1.29 is 4.74 Å². The number of ether oxygens (including phenoxy) is 1. The predicted octanol–water partition coefficient (Wildman–Crippen LogP) is 1.64. The molecule has 2 rings (SSSR count). The number of hydrogen-bond acceptors (Lipinski definition) is 3. The molecule has 0 aliphatic carbocycles. The minimum absolute atomic E-state index is 0.577. The van der Waals surface area contributed by atoms with Crippen molar-refractivity contribution in [3.05, 3.63) is 30.6 Å². The van der Waals surface area contributed by atoms with Crippen LogP contribution in [-0.4, -0.2) is 17.1 Å². The standard InChI is InChI=1S/C9H8N2O/c1-12-9-8-7(4-6-11-9)3-2-5-10-8/h2-6H,1H3. The van der Waals surface area contributed by atoms with Crippen LogP contribution in [0, 0.1) is 0 Å². The van der Waals surface area contributed by atoms with E-state index in [4.69, 9.17) is 4.74 Å². The van der Waals surface area contributed by atoms with Crippen molar-refractivity contribution >= 4 is 10.9 Å². The number of pyridine rings is 2. The molecule has 12 heavy (non-hydrogen) atoms. The molecule has 0 saturated carbocycles. The van der Waals surface area contributed by atoms with Crippen molar-refractivity contribution in [3.8, 4) is 5.88 Å². The van der Waals surface area contributed by atoms with E-state index in [1.54, 1.807) is 19.5 Å². The first kappa shape index (κ1) is 7.03. The van der Waals surface area contributed by atoms with Gasteiger partial charge in [0.1, 0.15) is 5.52 Å². The Morgan fingerprint density at radius 2 is 2.08 bits per heavy atom. The Morgan fingerprint density at radius 3 is 2.92 bits per heavy atom. The zero-order chi connectivity index (χ0) is 8.39. The lowest BCUT2D eigenvalue weighted by Crippen LogP contribution is -1.89. The maximum atomic E-state index is 5.05. The Bertz CT molecular complexity index is 395. The Kier molecular flexibility index (Phi) is 1.63. The van der Waals surface area contributed by atoms with Gasteiger partial charge in [0, 0.05) is 17.8 Å². The van der Waals surface area contributed by atoms with Crippen molar-refractivity contribution in [2.24, 2.45) is 0 Å². The molecule has 0 fully saturated rings. The number of methoxy groups -OCH3 is 1. The fourth-order valence-corrected chi connectivity index (χ4v) is 1.13. The molecule has 0 atom stereocenters. The predicted molar refractivity (Wildman–Crippen MR) is 46.1 cm³/mol. The fourth-order valence-electron chi connectivity index (χ4n) is 1.13. The summed E-state index contributed by atoms with van der Waals surface area (Å²) in [5, 5.41) is 1.05. The van der Waals surface area contributed by atoms with Crippen molar-refractivity contribution in [2.75, 3.05) is 7.11 Å². The molecule has 0 amide bonds. The third kappa shape index (κ3) is 0.993. The summed E-state index contributed by atoms with van der Waals surface area (Å²) in [5.74, 6) is 0.577. The summed E-state index contributed by atoms with van der Waals surface area (Å²) in [6, 6.07) is 5.78. The SMILES string of the molecule is COc1nccc2cccnc12. The average molecular weight is 160 g/mol. The van der Waals surface area contributed by atoms with Crippen molar-refractivity contribution in [2.45, 2.75) is 0 Å². The molecule has 0 saturated heterocycles. The van der Waals surface area contributed by atoms with Gasteiger partial charge in [0.15, 0.2) is 0 Å². The van der Waals surface area contributed by atoms with Crippen LogP contribution >= 0.6 is 0 Å². The third-order valence-electron chi connectivity index (χ3n) is 1.68. The zero-order valence-electron chi connectivity index (χ0n) is 6.69. The number of hydrogen-bond donors (Lipinski definition) is 0. The van der Waals surface area contributed by atoms with E-state index in [0.29, 0.717) is 5.88 Å². The van der Waals surface area contributed by atoms with Gasteiger partial charge in [-0.2, -0.15) is 0 Å². The molecule has 2 heterocycles. The van der Waals surface area contributed by atoms with Crippen molar-refractivity contribution in [1.82, 2.24) is 9.97 Å². The van der Waals surface area contributed by atoms with Gasteiger partial charge in [-0.1, -0.05) is 6.07 Å². The quantitative estimate of drug-likeness (QED) is 0.636. The van der Waals surface area contributed by atoms with Crippen LogP contribution in [0.5, 0.6) is 5.88 Å². The van der Waals surface area contributed by atoms with Gasteiger partial charge in [0.05, 0.1) is 7.11 Å². The molecule has 2 aromatic rings. The fraction of sp³-hybridized carbons (Fsp3) is 0.111. The van der Waals surface area contributed by atoms with E-state index in [1.807, 2.05) is 18.2 Å². The first-order valence-corrected chi connectivity index (χ1v) is 3.65. The topological polar surface area (TPSA) is 35.0 Å². The summed E-state index contributed by atoms with van der Waals surface area (Å²) in [4.78, 5) is 8.21. The molecule has 0 N–H and O–H groups in total. The van der Waals surface area contributed by atoms with Crippen LogP contribution in [-0.2, 0) is 0 Å². The number of nitrogens with zero attached hydrogens (tertiary/aromatic N) is 2. The molecule has 0 radical (unpaired) electrons. The highest BCUT2D eigenvalue weighted by molar-refractivity contribution is 5.82. The average Bonchev–Trinajstić information content (AvgIpc) is 2.17. The molecule has 0 aromatic carbocycles. The summed E-state index contributed by atoms with van der Waals surface area (Å²) < 4.78 is 5.05. The summed E-state index contributed by atoms with van der Waals surface area (Å²) in [7, 11) is 1.59.